The maximum absolute atomic E-state index is 13.7. The first-order chi connectivity index (χ1) is 9.45. The van der Waals surface area contributed by atoms with Crippen LogP contribution < -0.4 is 10.5 Å². The molecule has 0 aromatic heterocycles. The van der Waals surface area contributed by atoms with Crippen molar-refractivity contribution in [3.05, 3.63) is 48.0 Å². The Bertz CT molecular complexity index is 600. The van der Waals surface area contributed by atoms with E-state index in [1.807, 2.05) is 13.8 Å². The fraction of sp³-hybridized carbons (Fsp3) is 0.200. The fourth-order valence-electron chi connectivity index (χ4n) is 1.61. The van der Waals surface area contributed by atoms with Gasteiger partial charge in [-0.05, 0) is 44.2 Å². The van der Waals surface area contributed by atoms with Crippen molar-refractivity contribution in [1.29, 1.82) is 0 Å². The highest BCUT2D eigenvalue weighted by Gasteiger charge is 2.11. The van der Waals surface area contributed by atoms with Gasteiger partial charge in [-0.2, -0.15) is 0 Å². The van der Waals surface area contributed by atoms with Gasteiger partial charge in [0, 0.05) is 21.5 Å². The number of halogens is 2. The van der Waals surface area contributed by atoms with E-state index < -0.39 is 5.82 Å². The van der Waals surface area contributed by atoms with Gasteiger partial charge in [-0.1, -0.05) is 11.8 Å². The molecule has 2 aromatic carbocycles. The van der Waals surface area contributed by atoms with Crippen molar-refractivity contribution in [2.75, 3.05) is 5.73 Å². The Labute approximate surface area is 120 Å². The van der Waals surface area contributed by atoms with E-state index in [1.54, 1.807) is 18.2 Å². The topological polar surface area (TPSA) is 35.2 Å². The van der Waals surface area contributed by atoms with Crippen molar-refractivity contribution in [1.82, 2.24) is 0 Å². The van der Waals surface area contributed by atoms with Crippen LogP contribution >= 0.6 is 11.8 Å². The number of rotatable bonds is 4. The summed E-state index contributed by atoms with van der Waals surface area (Å²) in [6.45, 7) is 3.64. The van der Waals surface area contributed by atoms with Crippen LogP contribution in [0, 0.1) is 11.6 Å². The number of hydrogen-bond donors (Lipinski definition) is 1. The summed E-state index contributed by atoms with van der Waals surface area (Å²) in [6.07, 6.45) is -0.128. The van der Waals surface area contributed by atoms with Gasteiger partial charge >= 0.3 is 0 Å². The van der Waals surface area contributed by atoms with Gasteiger partial charge in [0.05, 0.1) is 6.10 Å². The summed E-state index contributed by atoms with van der Waals surface area (Å²) in [4.78, 5) is 1.49. The minimum Gasteiger partial charge on any atom is -0.488 e. The zero-order valence-corrected chi connectivity index (χ0v) is 12.0. The molecule has 0 bridgehead atoms. The van der Waals surface area contributed by atoms with Crippen LogP contribution in [0.2, 0.25) is 0 Å². The van der Waals surface area contributed by atoms with Crippen molar-refractivity contribution < 1.29 is 13.5 Å². The third-order valence-corrected chi connectivity index (χ3v) is 3.55. The van der Waals surface area contributed by atoms with E-state index in [2.05, 4.69) is 0 Å². The summed E-state index contributed by atoms with van der Waals surface area (Å²) >= 11 is 1.33. The van der Waals surface area contributed by atoms with Gasteiger partial charge in [-0.3, -0.25) is 0 Å². The molecule has 0 radical (unpaired) electrons. The lowest BCUT2D eigenvalue weighted by Crippen LogP contribution is -2.07. The second-order valence-corrected chi connectivity index (χ2v) is 5.66. The summed E-state index contributed by atoms with van der Waals surface area (Å²) < 4.78 is 32.0. The Hall–Kier alpha value is -1.75. The minimum absolute atomic E-state index is 0.128. The molecule has 0 fully saturated rings. The number of anilines is 1. The maximum atomic E-state index is 13.7. The Balaban J connectivity index is 2.28. The smallest absolute Gasteiger partial charge is 0.167 e. The van der Waals surface area contributed by atoms with E-state index in [-0.39, 0.29) is 17.7 Å². The quantitative estimate of drug-likeness (QED) is 0.844. The Morgan fingerprint density at radius 3 is 2.35 bits per heavy atom. The molecule has 2 rings (SSSR count). The highest BCUT2D eigenvalue weighted by molar-refractivity contribution is 7.99. The Morgan fingerprint density at radius 1 is 1.10 bits per heavy atom. The molecular formula is C15H15F2NOS. The lowest BCUT2D eigenvalue weighted by atomic mass is 10.3. The van der Waals surface area contributed by atoms with E-state index in [4.69, 9.17) is 10.5 Å². The summed E-state index contributed by atoms with van der Waals surface area (Å²) in [5.41, 5.74) is 6.14. The normalized spacial score (nSPS) is 10.8. The van der Waals surface area contributed by atoms with Gasteiger partial charge < -0.3 is 10.5 Å². The lowest BCUT2D eigenvalue weighted by Gasteiger charge is -2.13. The van der Waals surface area contributed by atoms with Gasteiger partial charge in [0.25, 0.3) is 0 Å². The predicted molar refractivity (Wildman–Crippen MR) is 77.1 cm³/mol. The molecule has 0 heterocycles. The molecule has 20 heavy (non-hydrogen) atoms. The standard InChI is InChI=1S/C15H15F2NOS/c1-9(2)19-14-8-15(13(18)7-12(14)17)20-11-5-3-10(16)4-6-11/h3-9H,18H2,1-2H3. The number of benzene rings is 2. The van der Waals surface area contributed by atoms with E-state index >= 15 is 0 Å². The summed E-state index contributed by atoms with van der Waals surface area (Å²) in [7, 11) is 0. The van der Waals surface area contributed by atoms with E-state index in [9.17, 15) is 8.78 Å². The first-order valence-corrected chi connectivity index (χ1v) is 6.96. The third-order valence-electron chi connectivity index (χ3n) is 2.47. The summed E-state index contributed by atoms with van der Waals surface area (Å²) in [5.74, 6) is -0.622. The molecule has 0 unspecified atom stereocenters. The van der Waals surface area contributed by atoms with E-state index in [0.29, 0.717) is 10.6 Å². The number of nitrogens with two attached hydrogens (primary N) is 1. The van der Waals surface area contributed by atoms with E-state index in [0.717, 1.165) is 4.90 Å². The second kappa shape index (κ2) is 6.13. The van der Waals surface area contributed by atoms with Gasteiger partial charge in [0.15, 0.2) is 11.6 Å². The second-order valence-electron chi connectivity index (χ2n) is 4.54. The highest BCUT2D eigenvalue weighted by Crippen LogP contribution is 2.36. The van der Waals surface area contributed by atoms with Crippen LogP contribution in [0.5, 0.6) is 5.75 Å². The van der Waals surface area contributed by atoms with Crippen molar-refractivity contribution >= 4 is 17.4 Å². The molecule has 0 spiro atoms. The zero-order valence-electron chi connectivity index (χ0n) is 11.2. The molecule has 0 saturated carbocycles. The molecule has 5 heteroatoms. The average Bonchev–Trinajstić information content (AvgIpc) is 2.37. The minimum atomic E-state index is -0.486. The van der Waals surface area contributed by atoms with Crippen molar-refractivity contribution in [2.45, 2.75) is 29.7 Å². The molecular weight excluding hydrogens is 280 g/mol. The monoisotopic (exact) mass is 295 g/mol. The van der Waals surface area contributed by atoms with Crippen molar-refractivity contribution in [3.8, 4) is 5.75 Å². The zero-order chi connectivity index (χ0) is 14.7. The molecule has 0 aliphatic rings. The maximum Gasteiger partial charge on any atom is 0.167 e. The SMILES string of the molecule is CC(C)Oc1cc(Sc2ccc(F)cc2)c(N)cc1F. The first kappa shape index (κ1) is 14.7. The van der Waals surface area contributed by atoms with Crippen molar-refractivity contribution in [2.24, 2.45) is 0 Å². The van der Waals surface area contributed by atoms with Gasteiger partial charge in [-0.25, -0.2) is 8.78 Å². The fourth-order valence-corrected chi connectivity index (χ4v) is 2.48. The van der Waals surface area contributed by atoms with Gasteiger partial charge in [0.2, 0.25) is 0 Å². The molecule has 0 amide bonds. The van der Waals surface area contributed by atoms with E-state index in [1.165, 1.54) is 30.0 Å². The molecule has 0 aliphatic heterocycles. The van der Waals surface area contributed by atoms with Crippen molar-refractivity contribution in [3.63, 3.8) is 0 Å². The molecule has 106 valence electrons. The first-order valence-electron chi connectivity index (χ1n) is 6.15. The number of ether oxygens (including phenoxy) is 1. The average molecular weight is 295 g/mol. The third kappa shape index (κ3) is 3.63. The lowest BCUT2D eigenvalue weighted by molar-refractivity contribution is 0.230. The molecule has 2 N–H and O–H groups in total. The largest absolute Gasteiger partial charge is 0.488 e. The van der Waals surface area contributed by atoms with Gasteiger partial charge in [0.1, 0.15) is 5.82 Å². The van der Waals surface area contributed by atoms with Crippen LogP contribution in [-0.4, -0.2) is 6.10 Å². The summed E-state index contributed by atoms with van der Waals surface area (Å²) in [5, 5.41) is 0. The van der Waals surface area contributed by atoms with Crippen LogP contribution in [0.4, 0.5) is 14.5 Å². The highest BCUT2D eigenvalue weighted by atomic mass is 32.2. The molecule has 2 nitrogen and oxygen atoms in total. The number of hydrogen-bond acceptors (Lipinski definition) is 3. The number of nitrogen functional groups attached to an aromatic ring is 1. The molecule has 0 saturated heterocycles. The molecule has 0 atom stereocenters. The van der Waals surface area contributed by atoms with Crippen LogP contribution in [-0.2, 0) is 0 Å². The predicted octanol–water partition coefficient (Wildman–Crippen LogP) is 4.49. The Kier molecular flexibility index (Phi) is 4.49. The van der Waals surface area contributed by atoms with Gasteiger partial charge in [-0.15, -0.1) is 0 Å². The molecule has 2 aromatic rings. The molecule has 0 aliphatic carbocycles. The Morgan fingerprint density at radius 2 is 1.75 bits per heavy atom. The van der Waals surface area contributed by atoms with Crippen LogP contribution in [0.25, 0.3) is 0 Å². The van der Waals surface area contributed by atoms with Crippen LogP contribution in [0.1, 0.15) is 13.8 Å². The van der Waals surface area contributed by atoms with Crippen LogP contribution in [0.3, 0.4) is 0 Å². The van der Waals surface area contributed by atoms with Crippen LogP contribution in [0.15, 0.2) is 46.2 Å². The summed E-state index contributed by atoms with van der Waals surface area (Å²) in [6, 6.07) is 8.83.